The first kappa shape index (κ1) is 18.2. The minimum Gasteiger partial charge on any atom is -0.361 e. The molecule has 0 spiro atoms. The summed E-state index contributed by atoms with van der Waals surface area (Å²) in [4.78, 5) is 0. The molecule has 2 aromatic rings. The predicted molar refractivity (Wildman–Crippen MR) is 101 cm³/mol. The van der Waals surface area contributed by atoms with Gasteiger partial charge in [-0.15, -0.1) is 0 Å². The maximum atomic E-state index is 14.6. The van der Waals surface area contributed by atoms with Crippen LogP contribution in [0.4, 0.5) is 4.39 Å². The Morgan fingerprint density at radius 3 is 2.55 bits per heavy atom. The lowest BCUT2D eigenvalue weighted by molar-refractivity contribution is 0.0886. The number of aromatic nitrogens is 1. The lowest BCUT2D eigenvalue weighted by Gasteiger charge is -2.17. The molecule has 1 aromatic heterocycles. The molecule has 0 aliphatic heterocycles. The number of alkyl halides is 1. The van der Waals surface area contributed by atoms with Crippen molar-refractivity contribution in [1.29, 1.82) is 0 Å². The molecule has 0 saturated carbocycles. The van der Waals surface area contributed by atoms with Crippen molar-refractivity contribution in [2.45, 2.75) is 44.7 Å². The summed E-state index contributed by atoms with van der Waals surface area (Å²) in [5.41, 5.74) is 2.71. The third-order valence-corrected chi connectivity index (χ3v) is 6.58. The topological polar surface area (TPSA) is 14.2 Å². The molecule has 0 N–H and O–H groups in total. The van der Waals surface area contributed by atoms with Gasteiger partial charge >= 0.3 is 0 Å². The first-order valence-corrected chi connectivity index (χ1v) is 13.0. The van der Waals surface area contributed by atoms with Gasteiger partial charge in [0.2, 0.25) is 0 Å². The van der Waals surface area contributed by atoms with Crippen molar-refractivity contribution in [2.75, 3.05) is 6.61 Å². The van der Waals surface area contributed by atoms with E-state index in [9.17, 15) is 4.39 Å². The molecule has 0 saturated heterocycles. The summed E-state index contributed by atoms with van der Waals surface area (Å²) >= 11 is 6.80. The highest BCUT2D eigenvalue weighted by atomic mass is 79.9. The summed E-state index contributed by atoms with van der Waals surface area (Å²) in [6.07, 6.45) is 0. The van der Waals surface area contributed by atoms with Crippen molar-refractivity contribution >= 4 is 50.8 Å². The van der Waals surface area contributed by atoms with Gasteiger partial charge in [0.1, 0.15) is 6.73 Å². The summed E-state index contributed by atoms with van der Waals surface area (Å²) in [5.74, 6) is -0.221. The third-order valence-electron chi connectivity index (χ3n) is 3.72. The second-order valence-electron chi connectivity index (χ2n) is 6.80. The molecule has 22 heavy (non-hydrogen) atoms. The van der Waals surface area contributed by atoms with Crippen LogP contribution in [-0.2, 0) is 16.8 Å². The first-order chi connectivity index (χ1) is 10.2. The van der Waals surface area contributed by atoms with Crippen molar-refractivity contribution in [1.82, 2.24) is 4.57 Å². The van der Waals surface area contributed by atoms with Crippen molar-refractivity contribution < 1.29 is 9.13 Å². The Bertz CT molecular complexity index is 679. The van der Waals surface area contributed by atoms with Crippen molar-refractivity contribution in [3.05, 3.63) is 33.7 Å². The molecule has 0 amide bonds. The SMILES string of the molecule is Cc1cc(Br)c(F)c2c1cc(CBr)n2COCC[Si](C)(C)C. The van der Waals surface area contributed by atoms with E-state index in [0.29, 0.717) is 22.1 Å². The van der Waals surface area contributed by atoms with Crippen LogP contribution in [-0.4, -0.2) is 19.2 Å². The van der Waals surface area contributed by atoms with Crippen LogP contribution in [0.15, 0.2) is 16.6 Å². The highest BCUT2D eigenvalue weighted by molar-refractivity contribution is 9.10. The Morgan fingerprint density at radius 2 is 1.95 bits per heavy atom. The first-order valence-electron chi connectivity index (χ1n) is 7.35. The smallest absolute Gasteiger partial charge is 0.161 e. The zero-order valence-corrected chi connectivity index (χ0v) is 17.6. The van der Waals surface area contributed by atoms with E-state index in [-0.39, 0.29) is 5.82 Å². The molecule has 0 aliphatic rings. The van der Waals surface area contributed by atoms with Gasteiger partial charge in [0.15, 0.2) is 5.82 Å². The number of rotatable bonds is 6. The Kier molecular flexibility index (Phi) is 5.91. The molecule has 6 heteroatoms. The van der Waals surface area contributed by atoms with Gasteiger partial charge in [-0.25, -0.2) is 4.39 Å². The molecule has 2 rings (SSSR count). The number of aryl methyl sites for hydroxylation is 1. The lowest BCUT2D eigenvalue weighted by atomic mass is 10.1. The van der Waals surface area contributed by atoms with Crippen LogP contribution in [0.2, 0.25) is 25.7 Å². The standard InChI is InChI=1S/C16H22Br2FNOSi/c1-11-7-14(18)15(19)16-13(11)8-12(9-17)20(16)10-21-5-6-22(2,3)4/h7-8H,5-6,9-10H2,1-4H3. The molecule has 0 fully saturated rings. The number of fused-ring (bicyclic) bond motifs is 1. The maximum absolute atomic E-state index is 14.6. The van der Waals surface area contributed by atoms with Crippen LogP contribution in [0.1, 0.15) is 11.3 Å². The number of hydrogen-bond acceptors (Lipinski definition) is 1. The molecule has 2 nitrogen and oxygen atoms in total. The normalized spacial score (nSPS) is 12.3. The van der Waals surface area contributed by atoms with Gasteiger partial charge in [0.05, 0.1) is 9.99 Å². The highest BCUT2D eigenvalue weighted by Crippen LogP contribution is 2.31. The van der Waals surface area contributed by atoms with Crippen LogP contribution >= 0.6 is 31.9 Å². The average Bonchev–Trinajstić information content (AvgIpc) is 2.79. The van der Waals surface area contributed by atoms with E-state index < -0.39 is 8.07 Å². The maximum Gasteiger partial charge on any atom is 0.161 e. The summed E-state index contributed by atoms with van der Waals surface area (Å²) in [5, 5.41) is 1.62. The monoisotopic (exact) mass is 449 g/mol. The molecule has 0 bridgehead atoms. The van der Waals surface area contributed by atoms with Gasteiger partial charge < -0.3 is 9.30 Å². The van der Waals surface area contributed by atoms with Crippen molar-refractivity contribution in [3.8, 4) is 0 Å². The third kappa shape index (κ3) is 4.02. The number of nitrogens with zero attached hydrogens (tertiary/aromatic N) is 1. The van der Waals surface area contributed by atoms with Gasteiger partial charge in [-0.3, -0.25) is 0 Å². The number of hydrogen-bond donors (Lipinski definition) is 0. The highest BCUT2D eigenvalue weighted by Gasteiger charge is 2.17. The van der Waals surface area contributed by atoms with E-state index in [0.717, 1.165) is 29.3 Å². The quantitative estimate of drug-likeness (QED) is 0.296. The zero-order valence-electron chi connectivity index (χ0n) is 13.5. The van der Waals surface area contributed by atoms with Gasteiger partial charge in [0, 0.05) is 31.1 Å². The fourth-order valence-electron chi connectivity index (χ4n) is 2.38. The number of halogens is 3. The molecular weight excluding hydrogens is 429 g/mol. The predicted octanol–water partition coefficient (Wildman–Crippen LogP) is 6.06. The molecular formula is C16H22Br2FNOSi. The summed E-state index contributed by atoms with van der Waals surface area (Å²) < 4.78 is 22.8. The molecule has 0 aliphatic carbocycles. The molecule has 1 heterocycles. The molecule has 1 aromatic carbocycles. The van der Waals surface area contributed by atoms with Crippen molar-refractivity contribution in [2.24, 2.45) is 0 Å². The van der Waals surface area contributed by atoms with Crippen LogP contribution in [0.25, 0.3) is 10.9 Å². The van der Waals surface area contributed by atoms with E-state index in [1.54, 1.807) is 0 Å². The molecule has 122 valence electrons. The Hall–Kier alpha value is -0.173. The summed E-state index contributed by atoms with van der Waals surface area (Å²) in [6, 6.07) is 4.98. The molecule has 0 radical (unpaired) electrons. The fourth-order valence-corrected chi connectivity index (χ4v) is 4.13. The van der Waals surface area contributed by atoms with E-state index in [1.807, 2.05) is 23.6 Å². The largest absolute Gasteiger partial charge is 0.361 e. The van der Waals surface area contributed by atoms with Gasteiger partial charge in [-0.2, -0.15) is 0 Å². The van der Waals surface area contributed by atoms with Gasteiger partial charge in [-0.05, 0) is 46.6 Å². The lowest BCUT2D eigenvalue weighted by Crippen LogP contribution is -2.22. The molecule has 0 unspecified atom stereocenters. The van der Waals surface area contributed by atoms with Crippen LogP contribution < -0.4 is 0 Å². The van der Waals surface area contributed by atoms with Gasteiger partial charge in [0.25, 0.3) is 0 Å². The molecule has 0 atom stereocenters. The van der Waals surface area contributed by atoms with Crippen LogP contribution in [0.3, 0.4) is 0 Å². The fraction of sp³-hybridized carbons (Fsp3) is 0.500. The Labute approximate surface area is 149 Å². The minimum absolute atomic E-state index is 0.221. The Morgan fingerprint density at radius 1 is 1.27 bits per heavy atom. The van der Waals surface area contributed by atoms with Crippen LogP contribution in [0, 0.1) is 12.7 Å². The second kappa shape index (κ2) is 7.15. The van der Waals surface area contributed by atoms with E-state index in [1.165, 1.54) is 0 Å². The minimum atomic E-state index is -1.11. The van der Waals surface area contributed by atoms with Crippen molar-refractivity contribution in [3.63, 3.8) is 0 Å². The van der Waals surface area contributed by atoms with Gasteiger partial charge in [-0.1, -0.05) is 35.6 Å². The van der Waals surface area contributed by atoms with E-state index in [4.69, 9.17) is 4.74 Å². The van der Waals surface area contributed by atoms with E-state index in [2.05, 4.69) is 51.5 Å². The second-order valence-corrected chi connectivity index (χ2v) is 13.8. The summed E-state index contributed by atoms with van der Waals surface area (Å²) in [6.45, 7) is 10.1. The van der Waals surface area contributed by atoms with E-state index >= 15 is 0 Å². The number of benzene rings is 1. The number of ether oxygens (including phenoxy) is 1. The zero-order chi connectivity index (χ0) is 16.5. The van der Waals surface area contributed by atoms with Crippen LogP contribution in [0.5, 0.6) is 0 Å². The Balaban J connectivity index is 2.31. The average molecular weight is 451 g/mol. The summed E-state index contributed by atoms with van der Waals surface area (Å²) in [7, 11) is -1.11.